The Kier molecular flexibility index (Phi) is 5.47. The molecule has 0 rings (SSSR count). The van der Waals surface area contributed by atoms with Gasteiger partial charge in [-0.05, 0) is 0 Å². The van der Waals surface area contributed by atoms with Gasteiger partial charge in [0.25, 0.3) is 6.47 Å². The summed E-state index contributed by atoms with van der Waals surface area (Å²) in [5.41, 5.74) is 3.52. The van der Waals surface area contributed by atoms with Gasteiger partial charge in [-0.15, -0.1) is 0 Å². The molecule has 0 saturated heterocycles. The highest BCUT2D eigenvalue weighted by Gasteiger charge is 2.28. The van der Waals surface area contributed by atoms with Crippen molar-refractivity contribution in [3.63, 3.8) is 0 Å². The van der Waals surface area contributed by atoms with E-state index in [9.17, 15) is 14.4 Å². The molecule has 0 amide bonds. The Balaban J connectivity index is 4.28. The lowest BCUT2D eigenvalue weighted by molar-refractivity contribution is -0.420. The van der Waals surface area contributed by atoms with Crippen LogP contribution in [0, 0.1) is 0 Å². The fourth-order valence-electron chi connectivity index (χ4n) is 0.841. The number of hydrogen-bond acceptors (Lipinski definition) is 5. The number of ether oxygens (including phenoxy) is 2. The second kappa shape index (κ2) is 6.09. The lowest BCUT2D eigenvalue weighted by atomic mass is 10.1. The van der Waals surface area contributed by atoms with E-state index >= 15 is 0 Å². The predicted octanol–water partition coefficient (Wildman–Crippen LogP) is -1.71. The molecule has 6 heteroatoms. The molecule has 0 radical (unpaired) electrons. The van der Waals surface area contributed by atoms with Crippen LogP contribution in [0.3, 0.4) is 0 Å². The van der Waals surface area contributed by atoms with Crippen LogP contribution >= 0.6 is 0 Å². The quantitative estimate of drug-likeness (QED) is 0.410. The summed E-state index contributed by atoms with van der Waals surface area (Å²) in [6.07, 6.45) is -0.810. The molecule has 0 bridgehead atoms. The summed E-state index contributed by atoms with van der Waals surface area (Å²) in [4.78, 5) is 31.5. The van der Waals surface area contributed by atoms with Crippen LogP contribution in [-0.4, -0.2) is 37.0 Å². The summed E-state index contributed by atoms with van der Waals surface area (Å²) < 4.78 is 9.19. The minimum absolute atomic E-state index is 0.156. The largest absolute Gasteiger partial charge is 0.464 e. The van der Waals surface area contributed by atoms with Crippen molar-refractivity contribution in [2.75, 3.05) is 6.61 Å². The number of hydrogen-bond donors (Lipinski definition) is 1. The molecule has 0 spiro atoms. The van der Waals surface area contributed by atoms with Gasteiger partial charge in [0.05, 0.1) is 0 Å². The van der Waals surface area contributed by atoms with Crippen molar-refractivity contribution in [1.82, 2.24) is 0 Å². The van der Waals surface area contributed by atoms with Crippen LogP contribution in [0.25, 0.3) is 0 Å². The number of carbonyl (C=O) groups excluding carboxylic acids is 3. The van der Waals surface area contributed by atoms with Gasteiger partial charge in [-0.2, -0.15) is 0 Å². The van der Waals surface area contributed by atoms with E-state index in [2.05, 4.69) is 10.5 Å². The molecule has 2 atom stereocenters. The maximum atomic E-state index is 10.9. The van der Waals surface area contributed by atoms with Gasteiger partial charge < -0.3 is 15.2 Å². The molecule has 3 N–H and O–H groups in total. The first-order chi connectivity index (χ1) is 6.49. The highest BCUT2D eigenvalue weighted by molar-refractivity contribution is 5.81. The summed E-state index contributed by atoms with van der Waals surface area (Å²) in [6, 6.07) is -0.723. The molecular weight excluding hydrogens is 190 g/mol. The van der Waals surface area contributed by atoms with E-state index < -0.39 is 18.1 Å². The Bertz CT molecular complexity index is 228. The predicted molar refractivity (Wildman–Crippen MR) is 44.9 cm³/mol. The summed E-state index contributed by atoms with van der Waals surface area (Å²) in [7, 11) is 0. The lowest BCUT2D eigenvalue weighted by Gasteiger charge is -2.17. The van der Waals surface area contributed by atoms with Crippen molar-refractivity contribution >= 4 is 18.2 Å². The third-order valence-corrected chi connectivity index (χ3v) is 1.62. The highest BCUT2D eigenvalue weighted by Crippen LogP contribution is 1.98. The minimum Gasteiger partial charge on any atom is -0.464 e. The first kappa shape index (κ1) is 12.6. The van der Waals surface area contributed by atoms with E-state index in [0.29, 0.717) is 0 Å². The first-order valence-corrected chi connectivity index (χ1v) is 4.05. The molecule has 0 heterocycles. The molecule has 0 aliphatic rings. The molecule has 0 aromatic carbocycles. The Morgan fingerprint density at radius 3 is 2.36 bits per heavy atom. The SMILES string of the molecule is CC(=O)OC(COC=O)C([NH3+])C(C)=O. The second-order valence-corrected chi connectivity index (χ2v) is 2.79. The van der Waals surface area contributed by atoms with Crippen LogP contribution in [0.2, 0.25) is 0 Å². The molecule has 14 heavy (non-hydrogen) atoms. The van der Waals surface area contributed by atoms with Crippen LogP contribution < -0.4 is 5.73 Å². The fraction of sp³-hybridized carbons (Fsp3) is 0.625. The smallest absolute Gasteiger partial charge is 0.303 e. The van der Waals surface area contributed by atoms with E-state index in [1.54, 1.807) is 0 Å². The van der Waals surface area contributed by atoms with Gasteiger partial charge >= 0.3 is 5.97 Å². The molecule has 80 valence electrons. The van der Waals surface area contributed by atoms with Gasteiger partial charge in [-0.3, -0.25) is 14.4 Å². The maximum Gasteiger partial charge on any atom is 0.303 e. The highest BCUT2D eigenvalue weighted by atomic mass is 16.6. The lowest BCUT2D eigenvalue weighted by Crippen LogP contribution is -2.71. The van der Waals surface area contributed by atoms with E-state index in [1.165, 1.54) is 13.8 Å². The third kappa shape index (κ3) is 4.56. The fourth-order valence-corrected chi connectivity index (χ4v) is 0.841. The van der Waals surface area contributed by atoms with Crippen LogP contribution in [0.5, 0.6) is 0 Å². The zero-order chi connectivity index (χ0) is 11.1. The van der Waals surface area contributed by atoms with Crippen LogP contribution in [0.4, 0.5) is 0 Å². The number of esters is 1. The summed E-state index contributed by atoms with van der Waals surface area (Å²) in [5, 5.41) is 0. The summed E-state index contributed by atoms with van der Waals surface area (Å²) in [5.74, 6) is -0.773. The molecule has 0 aliphatic carbocycles. The Labute approximate surface area is 81.3 Å². The standard InChI is InChI=1S/C8H13NO5/c1-5(11)8(9)7(3-13-4-10)14-6(2)12/h4,7-8H,3,9H2,1-2H3/p+1. The van der Waals surface area contributed by atoms with Crippen molar-refractivity contribution in [3.05, 3.63) is 0 Å². The van der Waals surface area contributed by atoms with Crippen molar-refractivity contribution in [3.8, 4) is 0 Å². The van der Waals surface area contributed by atoms with Crippen LogP contribution in [0.15, 0.2) is 0 Å². The maximum absolute atomic E-state index is 10.9. The monoisotopic (exact) mass is 204 g/mol. The van der Waals surface area contributed by atoms with Gasteiger partial charge in [0.2, 0.25) is 0 Å². The number of carbonyl (C=O) groups is 3. The molecule has 6 nitrogen and oxygen atoms in total. The van der Waals surface area contributed by atoms with Gasteiger partial charge in [0, 0.05) is 13.8 Å². The van der Waals surface area contributed by atoms with Crippen molar-refractivity contribution in [2.24, 2.45) is 0 Å². The summed E-state index contributed by atoms with van der Waals surface area (Å²) >= 11 is 0. The Morgan fingerprint density at radius 2 is 2.00 bits per heavy atom. The average molecular weight is 204 g/mol. The van der Waals surface area contributed by atoms with Gasteiger partial charge in [0.1, 0.15) is 6.61 Å². The number of rotatable bonds is 6. The molecule has 0 saturated carbocycles. The topological polar surface area (TPSA) is 97.3 Å². The van der Waals surface area contributed by atoms with Gasteiger partial charge in [-0.1, -0.05) is 0 Å². The molecule has 0 aromatic rings. The van der Waals surface area contributed by atoms with Crippen LogP contribution in [0.1, 0.15) is 13.8 Å². The van der Waals surface area contributed by atoms with E-state index in [1.807, 2.05) is 0 Å². The molecule has 2 unspecified atom stereocenters. The van der Waals surface area contributed by atoms with Gasteiger partial charge in [0.15, 0.2) is 17.9 Å². The second-order valence-electron chi connectivity index (χ2n) is 2.79. The number of ketones is 1. The molecule has 0 aromatic heterocycles. The van der Waals surface area contributed by atoms with Crippen LogP contribution in [-0.2, 0) is 23.9 Å². The van der Waals surface area contributed by atoms with E-state index in [-0.39, 0.29) is 18.9 Å². The number of Topliss-reactive ketones (excluding diaryl/α,β-unsaturated/α-hetero) is 1. The zero-order valence-electron chi connectivity index (χ0n) is 8.19. The molecular formula is C8H14NO5+. The minimum atomic E-state index is -0.810. The Hall–Kier alpha value is -1.43. The third-order valence-electron chi connectivity index (χ3n) is 1.62. The first-order valence-electron chi connectivity index (χ1n) is 4.05. The normalized spacial score (nSPS) is 13.9. The average Bonchev–Trinajstić information content (AvgIpc) is 2.10. The summed E-state index contributed by atoms with van der Waals surface area (Å²) in [6.45, 7) is 2.61. The van der Waals surface area contributed by atoms with Crippen molar-refractivity contribution in [2.45, 2.75) is 26.0 Å². The molecule has 0 aliphatic heterocycles. The Morgan fingerprint density at radius 1 is 1.43 bits per heavy atom. The van der Waals surface area contributed by atoms with Gasteiger partial charge in [-0.25, -0.2) is 0 Å². The van der Waals surface area contributed by atoms with Crippen molar-refractivity contribution < 1.29 is 29.6 Å². The van der Waals surface area contributed by atoms with Crippen molar-refractivity contribution in [1.29, 1.82) is 0 Å². The number of quaternary nitrogens is 1. The van der Waals surface area contributed by atoms with E-state index in [0.717, 1.165) is 0 Å². The van der Waals surface area contributed by atoms with E-state index in [4.69, 9.17) is 4.74 Å². The zero-order valence-corrected chi connectivity index (χ0v) is 8.19. The molecule has 0 fully saturated rings.